The Bertz CT molecular complexity index is 1770. The highest BCUT2D eigenvalue weighted by Gasteiger charge is 2.16. The molecule has 188 valence electrons. The number of carbonyl (C=O) groups excluding carboxylic acids is 1. The van der Waals surface area contributed by atoms with E-state index in [1.54, 1.807) is 36.9 Å². The van der Waals surface area contributed by atoms with Gasteiger partial charge in [0.15, 0.2) is 5.65 Å². The topological polar surface area (TPSA) is 112 Å². The summed E-state index contributed by atoms with van der Waals surface area (Å²) in [4.78, 5) is 29.0. The molecule has 0 aliphatic heterocycles. The average molecular weight is 506 g/mol. The summed E-state index contributed by atoms with van der Waals surface area (Å²) < 4.78 is 13.5. The van der Waals surface area contributed by atoms with Gasteiger partial charge in [0.05, 0.1) is 23.3 Å². The Morgan fingerprint density at radius 2 is 1.76 bits per heavy atom. The van der Waals surface area contributed by atoms with Crippen molar-refractivity contribution in [2.75, 3.05) is 5.32 Å². The number of nitrogens with zero attached hydrogens (tertiary/aromatic N) is 4. The van der Waals surface area contributed by atoms with Crippen LogP contribution in [0.15, 0.2) is 73.3 Å². The summed E-state index contributed by atoms with van der Waals surface area (Å²) in [6.07, 6.45) is 9.16. The normalized spacial score (nSPS) is 11.3. The summed E-state index contributed by atoms with van der Waals surface area (Å²) in [5.74, 6) is -0.314. The number of halogens is 1. The molecule has 0 bridgehead atoms. The van der Waals surface area contributed by atoms with E-state index in [1.165, 1.54) is 12.1 Å². The average Bonchev–Trinajstić information content (AvgIpc) is 3.56. The third-order valence-electron chi connectivity index (χ3n) is 6.45. The fourth-order valence-electron chi connectivity index (χ4n) is 4.51. The number of H-pyrrole nitrogens is 2. The molecule has 0 saturated heterocycles. The molecule has 0 fully saturated rings. The number of anilines is 1. The lowest BCUT2D eigenvalue weighted by Crippen LogP contribution is -2.11. The van der Waals surface area contributed by atoms with E-state index >= 15 is 0 Å². The molecule has 0 atom stereocenters. The minimum absolute atomic E-state index is 0.0233. The van der Waals surface area contributed by atoms with Gasteiger partial charge in [0, 0.05) is 58.0 Å². The Hall–Kier alpha value is -4.92. The molecule has 0 aliphatic carbocycles. The minimum Gasteiger partial charge on any atom is -0.353 e. The molecule has 9 heteroatoms. The Morgan fingerprint density at radius 1 is 0.921 bits per heavy atom. The van der Waals surface area contributed by atoms with Gasteiger partial charge in [0.1, 0.15) is 11.5 Å². The first-order valence-corrected chi connectivity index (χ1v) is 12.4. The maximum absolute atomic E-state index is 13.5. The molecule has 1 amide bonds. The second kappa shape index (κ2) is 9.85. The molecule has 0 spiro atoms. The third kappa shape index (κ3) is 4.50. The second-order valence-electron chi connectivity index (χ2n) is 9.12. The van der Waals surface area contributed by atoms with E-state index < -0.39 is 0 Å². The monoisotopic (exact) mass is 505 g/mol. The lowest BCUT2D eigenvalue weighted by molar-refractivity contribution is -0.116. The van der Waals surface area contributed by atoms with Gasteiger partial charge in [-0.3, -0.25) is 19.9 Å². The lowest BCUT2D eigenvalue weighted by Gasteiger charge is -2.07. The molecule has 0 radical (unpaired) electrons. The SMILES string of the molecule is CCCCC(=O)Nc1cncc(-c2cnc3[nH]nc(-c4cc5c(-c6ccc(F)cc6)nccc5[nH]4)c3c2)c1. The highest BCUT2D eigenvalue weighted by atomic mass is 19.1. The van der Waals surface area contributed by atoms with Gasteiger partial charge in [-0.15, -0.1) is 0 Å². The van der Waals surface area contributed by atoms with Gasteiger partial charge in [0.25, 0.3) is 0 Å². The van der Waals surface area contributed by atoms with Crippen molar-refractivity contribution in [2.24, 2.45) is 0 Å². The zero-order valence-corrected chi connectivity index (χ0v) is 20.6. The van der Waals surface area contributed by atoms with Crippen molar-refractivity contribution in [1.29, 1.82) is 0 Å². The molecule has 38 heavy (non-hydrogen) atoms. The molecule has 1 aromatic carbocycles. The van der Waals surface area contributed by atoms with Crippen LogP contribution in [0.5, 0.6) is 0 Å². The van der Waals surface area contributed by atoms with Crippen molar-refractivity contribution in [3.63, 3.8) is 0 Å². The molecule has 8 nitrogen and oxygen atoms in total. The van der Waals surface area contributed by atoms with Crippen molar-refractivity contribution in [3.8, 4) is 33.8 Å². The van der Waals surface area contributed by atoms with Crippen LogP contribution in [0.3, 0.4) is 0 Å². The molecule has 0 unspecified atom stereocenters. The largest absolute Gasteiger partial charge is 0.353 e. The number of carbonyl (C=O) groups is 1. The first kappa shape index (κ1) is 23.5. The highest BCUT2D eigenvalue weighted by molar-refractivity contribution is 6.00. The predicted octanol–water partition coefficient (Wildman–Crippen LogP) is 6.50. The molecular formula is C29H24FN7O. The van der Waals surface area contributed by atoms with Crippen LogP contribution in [0, 0.1) is 5.82 Å². The van der Waals surface area contributed by atoms with E-state index in [-0.39, 0.29) is 11.7 Å². The predicted molar refractivity (Wildman–Crippen MR) is 146 cm³/mol. The first-order valence-electron chi connectivity index (χ1n) is 12.4. The van der Waals surface area contributed by atoms with E-state index in [0.29, 0.717) is 23.4 Å². The fourth-order valence-corrected chi connectivity index (χ4v) is 4.51. The maximum Gasteiger partial charge on any atom is 0.224 e. The van der Waals surface area contributed by atoms with Gasteiger partial charge < -0.3 is 10.3 Å². The van der Waals surface area contributed by atoms with E-state index in [1.807, 2.05) is 24.3 Å². The zero-order valence-electron chi connectivity index (χ0n) is 20.6. The second-order valence-corrected chi connectivity index (χ2v) is 9.12. The summed E-state index contributed by atoms with van der Waals surface area (Å²) in [7, 11) is 0. The number of benzene rings is 1. The molecule has 0 saturated carbocycles. The van der Waals surface area contributed by atoms with Gasteiger partial charge in [-0.2, -0.15) is 5.10 Å². The molecule has 3 N–H and O–H groups in total. The molecule has 5 aromatic heterocycles. The summed E-state index contributed by atoms with van der Waals surface area (Å²) in [6.45, 7) is 2.06. The number of unbranched alkanes of at least 4 members (excludes halogenated alkanes) is 1. The lowest BCUT2D eigenvalue weighted by atomic mass is 10.1. The van der Waals surface area contributed by atoms with E-state index in [2.05, 4.69) is 42.4 Å². The highest BCUT2D eigenvalue weighted by Crippen LogP contribution is 2.34. The standard InChI is InChI=1S/C29H24FN7O/c1-2-3-4-26(38)34-21-11-18(14-31-16-21)19-12-23-28(36-37-29(23)33-15-19)25-13-22-24(35-25)9-10-32-27(22)17-5-7-20(30)8-6-17/h5-16,35H,2-4H2,1H3,(H,34,38)(H,33,36,37). The maximum atomic E-state index is 13.5. The fraction of sp³-hybridized carbons (Fsp3) is 0.138. The molecule has 5 heterocycles. The smallest absolute Gasteiger partial charge is 0.224 e. The van der Waals surface area contributed by atoms with Crippen LogP contribution in [0.1, 0.15) is 26.2 Å². The Balaban J connectivity index is 1.37. The zero-order chi connectivity index (χ0) is 26.1. The number of pyridine rings is 3. The molecular weight excluding hydrogens is 481 g/mol. The summed E-state index contributed by atoms with van der Waals surface area (Å²) in [5, 5.41) is 12.2. The van der Waals surface area contributed by atoms with Gasteiger partial charge in [0.2, 0.25) is 5.91 Å². The van der Waals surface area contributed by atoms with E-state index in [9.17, 15) is 9.18 Å². The number of nitrogens with one attached hydrogen (secondary N) is 3. The molecule has 6 aromatic rings. The number of hydrogen-bond donors (Lipinski definition) is 3. The first-order chi connectivity index (χ1) is 18.6. The van der Waals surface area contributed by atoms with Crippen LogP contribution in [-0.4, -0.2) is 36.0 Å². The van der Waals surface area contributed by atoms with Gasteiger partial charge in [-0.05, 0) is 55.0 Å². The van der Waals surface area contributed by atoms with Crippen LogP contribution in [0.2, 0.25) is 0 Å². The van der Waals surface area contributed by atoms with Crippen LogP contribution in [0.25, 0.3) is 55.7 Å². The van der Waals surface area contributed by atoms with Gasteiger partial charge >= 0.3 is 0 Å². The van der Waals surface area contributed by atoms with Gasteiger partial charge in [-0.1, -0.05) is 13.3 Å². The Morgan fingerprint density at radius 3 is 2.61 bits per heavy atom. The van der Waals surface area contributed by atoms with Crippen LogP contribution in [-0.2, 0) is 4.79 Å². The molecule has 0 aliphatic rings. The minimum atomic E-state index is -0.290. The van der Waals surface area contributed by atoms with Crippen molar-refractivity contribution >= 4 is 33.5 Å². The number of amides is 1. The van der Waals surface area contributed by atoms with Crippen LogP contribution >= 0.6 is 0 Å². The van der Waals surface area contributed by atoms with E-state index in [0.717, 1.165) is 57.2 Å². The third-order valence-corrected chi connectivity index (χ3v) is 6.45. The van der Waals surface area contributed by atoms with Crippen LogP contribution < -0.4 is 5.32 Å². The number of aromatic nitrogens is 6. The van der Waals surface area contributed by atoms with Crippen molar-refractivity contribution < 1.29 is 9.18 Å². The Labute approximate surface area is 217 Å². The quantitative estimate of drug-likeness (QED) is 0.229. The number of fused-ring (bicyclic) bond motifs is 2. The number of hydrogen-bond acceptors (Lipinski definition) is 5. The molecule has 6 rings (SSSR count). The van der Waals surface area contributed by atoms with E-state index in [4.69, 9.17) is 0 Å². The summed E-state index contributed by atoms with van der Waals surface area (Å²) in [6, 6.07) is 14.1. The van der Waals surface area contributed by atoms with Crippen molar-refractivity contribution in [3.05, 3.63) is 79.1 Å². The number of rotatable bonds is 7. The van der Waals surface area contributed by atoms with Gasteiger partial charge in [-0.25, -0.2) is 9.37 Å². The Kier molecular flexibility index (Phi) is 6.09. The summed E-state index contributed by atoms with van der Waals surface area (Å²) in [5.41, 5.74) is 6.97. The van der Waals surface area contributed by atoms with Crippen LogP contribution in [0.4, 0.5) is 10.1 Å². The number of aromatic amines is 2. The summed E-state index contributed by atoms with van der Waals surface area (Å²) >= 11 is 0. The van der Waals surface area contributed by atoms with Crippen molar-refractivity contribution in [1.82, 2.24) is 30.1 Å². The van der Waals surface area contributed by atoms with Crippen molar-refractivity contribution in [2.45, 2.75) is 26.2 Å².